The van der Waals surface area contributed by atoms with E-state index in [1.54, 1.807) is 24.3 Å². The third-order valence-corrected chi connectivity index (χ3v) is 7.97. The van der Waals surface area contributed by atoms with Gasteiger partial charge >= 0.3 is 6.36 Å². The van der Waals surface area contributed by atoms with Gasteiger partial charge in [0.2, 0.25) is 0 Å². The number of halogens is 3. The van der Waals surface area contributed by atoms with Gasteiger partial charge in [-0.2, -0.15) is 8.42 Å². The van der Waals surface area contributed by atoms with Gasteiger partial charge < -0.3 is 24.2 Å². The zero-order chi connectivity index (χ0) is 29.7. The van der Waals surface area contributed by atoms with Gasteiger partial charge in [-0.05, 0) is 74.5 Å². The lowest BCUT2D eigenvalue weighted by Gasteiger charge is -2.34. The highest BCUT2D eigenvalue weighted by molar-refractivity contribution is 7.86. The van der Waals surface area contributed by atoms with Gasteiger partial charge in [0.25, 0.3) is 10.1 Å². The fourth-order valence-electron chi connectivity index (χ4n) is 4.25. The Labute approximate surface area is 237 Å². The largest absolute Gasteiger partial charge is 0.573 e. The number of ether oxygens (including phenoxy) is 3. The predicted molar refractivity (Wildman–Crippen MR) is 146 cm³/mol. The Morgan fingerprint density at radius 3 is 2.00 bits per heavy atom. The summed E-state index contributed by atoms with van der Waals surface area (Å²) in [5, 5.41) is 9.87. The second kappa shape index (κ2) is 12.6. The highest BCUT2D eigenvalue weighted by Gasteiger charge is 2.34. The van der Waals surface area contributed by atoms with Gasteiger partial charge in [0.1, 0.15) is 35.6 Å². The van der Waals surface area contributed by atoms with Gasteiger partial charge in [0, 0.05) is 31.6 Å². The van der Waals surface area contributed by atoms with Crippen LogP contribution >= 0.6 is 0 Å². The van der Waals surface area contributed by atoms with Crippen molar-refractivity contribution >= 4 is 15.8 Å². The number of aliphatic hydroxyl groups excluding tert-OH is 1. The standard InChI is InChI=1S/C29H32F3NO7S/c1-21-3-13-27(14-4-21)41(35,36)40-28(2,19-34)20-37-23-7-5-22(6-8-23)33-17-15-25(16-18-33)38-24-9-11-26(12-10-24)39-29(30,31)32/h3-14,25,34H,15-20H2,1-2H3/t28-/m1/s1. The molecule has 0 unspecified atom stereocenters. The number of anilines is 1. The van der Waals surface area contributed by atoms with E-state index in [0.29, 0.717) is 24.6 Å². The van der Waals surface area contributed by atoms with Crippen LogP contribution in [0.3, 0.4) is 0 Å². The second-order valence-electron chi connectivity index (χ2n) is 10.1. The van der Waals surface area contributed by atoms with Crippen molar-refractivity contribution in [1.29, 1.82) is 0 Å². The molecule has 1 saturated heterocycles. The van der Waals surface area contributed by atoms with Crippen molar-refractivity contribution in [2.45, 2.75) is 49.7 Å². The highest BCUT2D eigenvalue weighted by atomic mass is 32.2. The molecule has 3 aromatic rings. The lowest BCUT2D eigenvalue weighted by atomic mass is 10.1. The van der Waals surface area contributed by atoms with E-state index in [1.165, 1.54) is 43.3 Å². The number of hydrogen-bond acceptors (Lipinski definition) is 8. The predicted octanol–water partition coefficient (Wildman–Crippen LogP) is 5.48. The van der Waals surface area contributed by atoms with Crippen LogP contribution < -0.4 is 19.1 Å². The van der Waals surface area contributed by atoms with E-state index >= 15 is 0 Å². The van der Waals surface area contributed by atoms with Gasteiger partial charge in [-0.3, -0.25) is 4.18 Å². The number of nitrogens with zero attached hydrogens (tertiary/aromatic N) is 1. The monoisotopic (exact) mass is 595 g/mol. The molecule has 0 amide bonds. The molecule has 8 nitrogen and oxygen atoms in total. The summed E-state index contributed by atoms with van der Waals surface area (Å²) in [6, 6.07) is 18.9. The summed E-state index contributed by atoms with van der Waals surface area (Å²) in [6.45, 7) is 3.97. The fraction of sp³-hybridized carbons (Fsp3) is 0.379. The minimum atomic E-state index is -4.74. The molecule has 1 fully saturated rings. The fourth-order valence-corrected chi connectivity index (χ4v) is 5.44. The second-order valence-corrected chi connectivity index (χ2v) is 11.6. The van der Waals surface area contributed by atoms with Crippen molar-refractivity contribution in [3.8, 4) is 17.2 Å². The minimum Gasteiger partial charge on any atom is -0.490 e. The van der Waals surface area contributed by atoms with Crippen LogP contribution in [0.2, 0.25) is 0 Å². The van der Waals surface area contributed by atoms with Crippen LogP contribution in [0.4, 0.5) is 18.9 Å². The van der Waals surface area contributed by atoms with Gasteiger partial charge in [0.05, 0.1) is 11.5 Å². The lowest BCUT2D eigenvalue weighted by Crippen LogP contribution is -2.41. The molecule has 222 valence electrons. The first-order valence-corrected chi connectivity index (χ1v) is 14.4. The summed E-state index contributed by atoms with van der Waals surface area (Å²) >= 11 is 0. The molecule has 1 aliphatic rings. The van der Waals surface area contributed by atoms with Gasteiger partial charge in [-0.1, -0.05) is 17.7 Å². The lowest BCUT2D eigenvalue weighted by molar-refractivity contribution is -0.274. The SMILES string of the molecule is Cc1ccc(S(=O)(=O)O[C@](C)(CO)COc2ccc(N3CCC(Oc4ccc(OC(F)(F)F)cc4)CC3)cc2)cc1. The summed E-state index contributed by atoms with van der Waals surface area (Å²) < 4.78 is 83.3. The molecule has 1 heterocycles. The molecular formula is C29H32F3NO7S. The number of aliphatic hydroxyl groups is 1. The summed E-state index contributed by atoms with van der Waals surface area (Å²) in [5.74, 6) is 0.666. The summed E-state index contributed by atoms with van der Waals surface area (Å²) in [7, 11) is -4.11. The van der Waals surface area contributed by atoms with Crippen molar-refractivity contribution in [3.63, 3.8) is 0 Å². The molecule has 4 rings (SSSR count). The van der Waals surface area contributed by atoms with Crippen LogP contribution in [0.15, 0.2) is 77.7 Å². The normalized spacial score (nSPS) is 16.2. The first-order chi connectivity index (χ1) is 19.3. The van der Waals surface area contributed by atoms with Gasteiger partial charge in [-0.25, -0.2) is 0 Å². The van der Waals surface area contributed by atoms with Crippen LogP contribution in [0.1, 0.15) is 25.3 Å². The highest BCUT2D eigenvalue weighted by Crippen LogP contribution is 2.29. The Kier molecular flexibility index (Phi) is 9.35. The zero-order valence-electron chi connectivity index (χ0n) is 22.6. The molecule has 12 heteroatoms. The minimum absolute atomic E-state index is 0.00487. The van der Waals surface area contributed by atoms with Crippen LogP contribution in [0.5, 0.6) is 17.2 Å². The van der Waals surface area contributed by atoms with Crippen molar-refractivity contribution in [1.82, 2.24) is 0 Å². The molecule has 41 heavy (non-hydrogen) atoms. The number of hydrogen-bond donors (Lipinski definition) is 1. The summed E-state index contributed by atoms with van der Waals surface area (Å²) in [6.07, 6.45) is -3.36. The molecule has 1 N–H and O–H groups in total. The summed E-state index contributed by atoms with van der Waals surface area (Å²) in [4.78, 5) is 2.17. The number of piperidine rings is 1. The van der Waals surface area contributed by atoms with Crippen LogP contribution in [0, 0.1) is 6.92 Å². The Morgan fingerprint density at radius 2 is 1.44 bits per heavy atom. The Morgan fingerprint density at radius 1 is 0.878 bits per heavy atom. The topological polar surface area (TPSA) is 94.5 Å². The average molecular weight is 596 g/mol. The van der Waals surface area contributed by atoms with Crippen LogP contribution in [-0.4, -0.2) is 57.9 Å². The maximum absolute atomic E-state index is 12.7. The van der Waals surface area contributed by atoms with E-state index in [0.717, 1.165) is 24.1 Å². The first-order valence-electron chi connectivity index (χ1n) is 13.0. The van der Waals surface area contributed by atoms with Gasteiger partial charge in [-0.15, -0.1) is 13.2 Å². The van der Waals surface area contributed by atoms with E-state index in [-0.39, 0.29) is 23.4 Å². The Hall–Kier alpha value is -3.48. The Bertz CT molecular complexity index is 1370. The molecule has 0 aromatic heterocycles. The quantitative estimate of drug-likeness (QED) is 0.292. The van der Waals surface area contributed by atoms with E-state index in [2.05, 4.69) is 9.64 Å². The Balaban J connectivity index is 1.26. The zero-order valence-corrected chi connectivity index (χ0v) is 23.5. The van der Waals surface area contributed by atoms with E-state index in [1.807, 2.05) is 19.1 Å². The first kappa shape index (κ1) is 30.5. The van der Waals surface area contributed by atoms with E-state index in [9.17, 15) is 26.7 Å². The molecular weight excluding hydrogens is 563 g/mol. The van der Waals surface area contributed by atoms with E-state index < -0.39 is 28.7 Å². The number of alkyl halides is 3. The molecule has 0 aliphatic carbocycles. The molecule has 3 aromatic carbocycles. The maximum atomic E-state index is 12.7. The smallest absolute Gasteiger partial charge is 0.490 e. The van der Waals surface area contributed by atoms with Crippen molar-refractivity contribution < 1.29 is 45.1 Å². The van der Waals surface area contributed by atoms with Gasteiger partial charge in [0.15, 0.2) is 0 Å². The summed E-state index contributed by atoms with van der Waals surface area (Å²) in [5.41, 5.74) is 0.383. The van der Waals surface area contributed by atoms with Crippen molar-refractivity contribution in [3.05, 3.63) is 78.4 Å². The van der Waals surface area contributed by atoms with Crippen molar-refractivity contribution in [2.24, 2.45) is 0 Å². The molecule has 1 aliphatic heterocycles. The third-order valence-electron chi connectivity index (χ3n) is 6.50. The maximum Gasteiger partial charge on any atom is 0.573 e. The number of benzene rings is 3. The molecule has 0 bridgehead atoms. The van der Waals surface area contributed by atoms with E-state index in [4.69, 9.17) is 13.7 Å². The van der Waals surface area contributed by atoms with Crippen LogP contribution in [0.25, 0.3) is 0 Å². The number of aryl methyl sites for hydroxylation is 1. The molecule has 1 atom stereocenters. The average Bonchev–Trinajstić information content (AvgIpc) is 2.93. The van der Waals surface area contributed by atoms with Crippen molar-refractivity contribution in [2.75, 3.05) is 31.2 Å². The number of rotatable bonds is 11. The molecule has 0 radical (unpaired) electrons. The van der Waals surface area contributed by atoms with Crippen LogP contribution in [-0.2, 0) is 14.3 Å². The molecule has 0 saturated carbocycles. The third kappa shape index (κ3) is 8.75. The molecule has 0 spiro atoms.